The van der Waals surface area contributed by atoms with Crippen LogP contribution in [0.2, 0.25) is 0 Å². The second kappa shape index (κ2) is 5.89. The fourth-order valence-electron chi connectivity index (χ4n) is 3.44. The number of aromatic nitrogens is 4. The molecule has 0 N–H and O–H groups in total. The van der Waals surface area contributed by atoms with Crippen LogP contribution in [0.5, 0.6) is 5.88 Å². The van der Waals surface area contributed by atoms with Gasteiger partial charge in [-0.15, -0.1) is 0 Å². The number of ether oxygens (including phenoxy) is 1. The number of fused-ring (bicyclic) bond motifs is 1. The average molecular weight is 351 g/mol. The van der Waals surface area contributed by atoms with Crippen molar-refractivity contribution >= 4 is 10.0 Å². The van der Waals surface area contributed by atoms with Gasteiger partial charge in [0.15, 0.2) is 4.90 Å². The van der Waals surface area contributed by atoms with E-state index in [1.807, 2.05) is 19.4 Å². The van der Waals surface area contributed by atoms with Gasteiger partial charge in [0.2, 0.25) is 15.9 Å². The molecular formula is C15H21N5O3S. The van der Waals surface area contributed by atoms with Crippen molar-refractivity contribution in [3.8, 4) is 5.88 Å². The molecular weight excluding hydrogens is 330 g/mol. The molecule has 0 spiro atoms. The number of hydrogen-bond acceptors (Lipinski definition) is 5. The summed E-state index contributed by atoms with van der Waals surface area (Å²) in [6.07, 6.45) is 7.76. The summed E-state index contributed by atoms with van der Waals surface area (Å²) in [4.78, 5) is 0.196. The molecule has 24 heavy (non-hydrogen) atoms. The Labute approximate surface area is 141 Å². The van der Waals surface area contributed by atoms with Crippen molar-refractivity contribution < 1.29 is 13.2 Å². The molecule has 9 heteroatoms. The van der Waals surface area contributed by atoms with Gasteiger partial charge in [0.1, 0.15) is 0 Å². The molecule has 2 aliphatic heterocycles. The molecule has 0 bridgehead atoms. The van der Waals surface area contributed by atoms with Gasteiger partial charge >= 0.3 is 0 Å². The Morgan fingerprint density at radius 1 is 1.17 bits per heavy atom. The summed E-state index contributed by atoms with van der Waals surface area (Å²) in [5.41, 5.74) is 1.18. The Hall–Kier alpha value is -1.87. The fraction of sp³-hybridized carbons (Fsp3) is 0.600. The molecule has 0 aromatic carbocycles. The minimum Gasteiger partial charge on any atom is -0.477 e. The predicted molar refractivity (Wildman–Crippen MR) is 86.3 cm³/mol. The Balaban J connectivity index is 1.51. The summed E-state index contributed by atoms with van der Waals surface area (Å²) in [5, 5.41) is 8.36. The maximum absolute atomic E-state index is 12.9. The number of sulfonamides is 1. The van der Waals surface area contributed by atoms with Crippen LogP contribution in [0.1, 0.15) is 30.7 Å². The standard InChI is InChI=1S/C15H21N5O3S/c1-18-11-13(9-16-18)12-3-6-19(7-4-12)24(21,22)14-10-17-20-5-2-8-23-15(14)20/h9-12H,2-8H2,1H3. The first kappa shape index (κ1) is 15.6. The first-order valence-corrected chi connectivity index (χ1v) is 9.67. The molecule has 0 saturated carbocycles. The number of nitrogens with zero attached hydrogens (tertiary/aromatic N) is 5. The minimum absolute atomic E-state index is 0.196. The van der Waals surface area contributed by atoms with Crippen molar-refractivity contribution in [3.63, 3.8) is 0 Å². The van der Waals surface area contributed by atoms with Gasteiger partial charge in [-0.05, 0) is 24.3 Å². The van der Waals surface area contributed by atoms with Gasteiger partial charge in [-0.25, -0.2) is 13.1 Å². The maximum Gasteiger partial charge on any atom is 0.250 e. The molecule has 0 aliphatic carbocycles. The lowest BCUT2D eigenvalue weighted by Gasteiger charge is -2.30. The van der Waals surface area contributed by atoms with Gasteiger partial charge in [-0.1, -0.05) is 0 Å². The molecule has 130 valence electrons. The third-order valence-electron chi connectivity index (χ3n) is 4.78. The molecule has 0 unspecified atom stereocenters. The first-order chi connectivity index (χ1) is 11.6. The number of aryl methyl sites for hydroxylation is 2. The van der Waals surface area contributed by atoms with Crippen molar-refractivity contribution in [3.05, 3.63) is 24.2 Å². The van der Waals surface area contributed by atoms with Crippen LogP contribution in [0.25, 0.3) is 0 Å². The molecule has 1 saturated heterocycles. The van der Waals surface area contributed by atoms with Crippen LogP contribution in [-0.2, 0) is 23.6 Å². The highest BCUT2D eigenvalue weighted by atomic mass is 32.2. The van der Waals surface area contributed by atoms with E-state index < -0.39 is 10.0 Å². The maximum atomic E-state index is 12.9. The van der Waals surface area contributed by atoms with Crippen LogP contribution in [0.15, 0.2) is 23.5 Å². The summed E-state index contributed by atoms with van der Waals surface area (Å²) in [5.74, 6) is 0.748. The molecule has 0 atom stereocenters. The van der Waals surface area contributed by atoms with E-state index in [0.29, 0.717) is 38.0 Å². The topological polar surface area (TPSA) is 82.2 Å². The minimum atomic E-state index is -3.56. The highest BCUT2D eigenvalue weighted by Gasteiger charge is 2.35. The normalized spacial score (nSPS) is 19.9. The van der Waals surface area contributed by atoms with Crippen molar-refractivity contribution in [2.24, 2.45) is 7.05 Å². The Kier molecular flexibility index (Phi) is 3.84. The van der Waals surface area contributed by atoms with Crippen molar-refractivity contribution in [1.82, 2.24) is 23.9 Å². The summed E-state index contributed by atoms with van der Waals surface area (Å²) in [6.45, 7) is 2.25. The molecule has 1 fully saturated rings. The monoisotopic (exact) mass is 351 g/mol. The van der Waals surface area contributed by atoms with E-state index in [2.05, 4.69) is 10.2 Å². The lowest BCUT2D eigenvalue weighted by atomic mass is 9.93. The molecule has 0 radical (unpaired) electrons. The van der Waals surface area contributed by atoms with Gasteiger partial charge in [-0.2, -0.15) is 14.5 Å². The highest BCUT2D eigenvalue weighted by Crippen LogP contribution is 2.33. The summed E-state index contributed by atoms with van der Waals surface area (Å²) < 4.78 is 36.4. The largest absolute Gasteiger partial charge is 0.477 e. The second-order valence-corrected chi connectivity index (χ2v) is 8.27. The number of rotatable bonds is 3. The molecule has 8 nitrogen and oxygen atoms in total. The fourth-order valence-corrected chi connectivity index (χ4v) is 4.98. The van der Waals surface area contributed by atoms with E-state index in [4.69, 9.17) is 4.74 Å². The average Bonchev–Trinajstić information content (AvgIpc) is 3.21. The zero-order valence-electron chi connectivity index (χ0n) is 13.6. The van der Waals surface area contributed by atoms with E-state index in [9.17, 15) is 8.42 Å². The highest BCUT2D eigenvalue weighted by molar-refractivity contribution is 7.89. The first-order valence-electron chi connectivity index (χ1n) is 8.23. The molecule has 4 heterocycles. The van der Waals surface area contributed by atoms with E-state index >= 15 is 0 Å². The van der Waals surface area contributed by atoms with Crippen LogP contribution >= 0.6 is 0 Å². The van der Waals surface area contributed by atoms with Crippen LogP contribution in [0.4, 0.5) is 0 Å². The quantitative estimate of drug-likeness (QED) is 0.823. The zero-order chi connectivity index (χ0) is 16.7. The van der Waals surface area contributed by atoms with E-state index in [0.717, 1.165) is 19.3 Å². The zero-order valence-corrected chi connectivity index (χ0v) is 14.4. The number of piperidine rings is 1. The molecule has 2 aromatic rings. The predicted octanol–water partition coefficient (Wildman–Crippen LogP) is 0.967. The molecule has 4 rings (SSSR count). The van der Waals surface area contributed by atoms with Crippen LogP contribution in [0, 0.1) is 0 Å². The second-order valence-electron chi connectivity index (χ2n) is 6.36. The molecule has 2 aromatic heterocycles. The molecule has 0 amide bonds. The van der Waals surface area contributed by atoms with Gasteiger partial charge in [0.25, 0.3) is 0 Å². The third-order valence-corrected chi connectivity index (χ3v) is 6.66. The Morgan fingerprint density at radius 3 is 2.67 bits per heavy atom. The summed E-state index contributed by atoms with van der Waals surface area (Å²) in [7, 11) is -1.66. The van der Waals surface area contributed by atoms with Crippen molar-refractivity contribution in [2.75, 3.05) is 19.7 Å². The van der Waals surface area contributed by atoms with Gasteiger partial charge in [-0.3, -0.25) is 4.68 Å². The smallest absolute Gasteiger partial charge is 0.250 e. The van der Waals surface area contributed by atoms with Gasteiger partial charge in [0, 0.05) is 39.3 Å². The van der Waals surface area contributed by atoms with E-state index in [1.54, 1.807) is 13.7 Å². The lowest BCUT2D eigenvalue weighted by Crippen LogP contribution is -2.38. The lowest BCUT2D eigenvalue weighted by molar-refractivity contribution is 0.223. The summed E-state index contributed by atoms with van der Waals surface area (Å²) in [6, 6.07) is 0. The van der Waals surface area contributed by atoms with Crippen molar-refractivity contribution in [2.45, 2.75) is 36.6 Å². The van der Waals surface area contributed by atoms with Crippen LogP contribution in [0.3, 0.4) is 0 Å². The Bertz CT molecular complexity index is 833. The summed E-state index contributed by atoms with van der Waals surface area (Å²) >= 11 is 0. The van der Waals surface area contributed by atoms with Crippen molar-refractivity contribution in [1.29, 1.82) is 0 Å². The third kappa shape index (κ3) is 2.61. The van der Waals surface area contributed by atoms with Crippen LogP contribution < -0.4 is 4.74 Å². The number of hydrogen-bond donors (Lipinski definition) is 0. The van der Waals surface area contributed by atoms with Crippen LogP contribution in [-0.4, -0.2) is 52.0 Å². The van der Waals surface area contributed by atoms with Gasteiger partial charge in [0.05, 0.1) is 19.0 Å². The SMILES string of the molecule is Cn1cc(C2CCN(S(=O)(=O)c3cnn4c3OCCC4)CC2)cn1. The Morgan fingerprint density at radius 2 is 1.96 bits per heavy atom. The molecule has 2 aliphatic rings. The van der Waals surface area contributed by atoms with E-state index in [-0.39, 0.29) is 4.90 Å². The van der Waals surface area contributed by atoms with Gasteiger partial charge < -0.3 is 4.74 Å². The van der Waals surface area contributed by atoms with E-state index in [1.165, 1.54) is 11.8 Å².